The lowest BCUT2D eigenvalue weighted by molar-refractivity contribution is -0.149. The Labute approximate surface area is 125 Å². The van der Waals surface area contributed by atoms with Gasteiger partial charge >= 0.3 is 0 Å². The van der Waals surface area contributed by atoms with Crippen molar-refractivity contribution < 1.29 is 5.11 Å². The number of nitrogens with zero attached hydrogens (tertiary/aromatic N) is 2. The molecule has 0 saturated heterocycles. The number of aliphatic hydroxyl groups is 1. The van der Waals surface area contributed by atoms with Crippen molar-refractivity contribution in [3.63, 3.8) is 0 Å². The molecule has 0 unspecified atom stereocenters. The van der Waals surface area contributed by atoms with E-state index in [-0.39, 0.29) is 11.3 Å². The highest BCUT2D eigenvalue weighted by atomic mass is 16.3. The molecule has 3 nitrogen and oxygen atoms in total. The van der Waals surface area contributed by atoms with Crippen LogP contribution < -0.4 is 0 Å². The summed E-state index contributed by atoms with van der Waals surface area (Å²) in [6.45, 7) is 6.44. The number of hydrogen-bond donors (Lipinski definition) is 1. The van der Waals surface area contributed by atoms with Crippen LogP contribution in [0.5, 0.6) is 0 Å². The van der Waals surface area contributed by atoms with E-state index in [0.717, 1.165) is 23.5 Å². The van der Waals surface area contributed by atoms with Gasteiger partial charge in [0.15, 0.2) is 0 Å². The summed E-state index contributed by atoms with van der Waals surface area (Å²) in [5.74, 6) is 0.803. The van der Waals surface area contributed by atoms with E-state index in [1.54, 1.807) is 6.20 Å². The van der Waals surface area contributed by atoms with E-state index in [4.69, 9.17) is 4.98 Å². The first-order chi connectivity index (χ1) is 9.92. The van der Waals surface area contributed by atoms with Crippen molar-refractivity contribution in [2.75, 3.05) is 0 Å². The molecule has 3 aliphatic carbocycles. The Kier molecular flexibility index (Phi) is 2.42. The maximum atomic E-state index is 11.1. The Morgan fingerprint density at radius 2 is 1.90 bits per heavy atom. The molecule has 3 heteroatoms. The van der Waals surface area contributed by atoms with Crippen LogP contribution >= 0.6 is 0 Å². The second kappa shape index (κ2) is 3.92. The molecule has 108 valence electrons. The summed E-state index contributed by atoms with van der Waals surface area (Å²) in [7, 11) is 0. The van der Waals surface area contributed by atoms with Gasteiger partial charge in [-0.05, 0) is 54.4 Å². The summed E-state index contributed by atoms with van der Waals surface area (Å²) < 4.78 is 0. The maximum Gasteiger partial charge on any atom is 0.107 e. The molecule has 0 aliphatic heterocycles. The highest BCUT2D eigenvalue weighted by molar-refractivity contribution is 5.56. The van der Waals surface area contributed by atoms with E-state index >= 15 is 0 Å². The molecule has 3 atom stereocenters. The van der Waals surface area contributed by atoms with Gasteiger partial charge in [-0.3, -0.25) is 4.98 Å². The molecule has 0 amide bonds. The summed E-state index contributed by atoms with van der Waals surface area (Å²) in [4.78, 5) is 9.13. The summed E-state index contributed by atoms with van der Waals surface area (Å²) in [6.07, 6.45) is 2.84. The highest BCUT2D eigenvalue weighted by Crippen LogP contribution is 2.67. The lowest BCUT2D eigenvalue weighted by Gasteiger charge is -2.62. The second-order valence-electron chi connectivity index (χ2n) is 7.16. The molecule has 2 aromatic rings. The van der Waals surface area contributed by atoms with Crippen LogP contribution in [-0.4, -0.2) is 15.1 Å². The van der Waals surface area contributed by atoms with Gasteiger partial charge in [-0.2, -0.15) is 0 Å². The molecule has 0 aromatic carbocycles. The van der Waals surface area contributed by atoms with Crippen molar-refractivity contribution in [3.8, 4) is 11.4 Å². The zero-order valence-electron chi connectivity index (χ0n) is 12.7. The SMILES string of the molecule is CC1(C)[C@@H]2C[C@H]1[C@](C)(O)c1nc(-c3ccccn3)ccc12. The largest absolute Gasteiger partial charge is 0.384 e. The summed E-state index contributed by atoms with van der Waals surface area (Å²) in [6, 6.07) is 9.99. The third kappa shape index (κ3) is 1.58. The van der Waals surface area contributed by atoms with E-state index in [2.05, 4.69) is 24.9 Å². The first kappa shape index (κ1) is 13.0. The molecule has 21 heavy (non-hydrogen) atoms. The van der Waals surface area contributed by atoms with Crippen molar-refractivity contribution in [2.24, 2.45) is 11.3 Å². The topological polar surface area (TPSA) is 46.0 Å². The number of pyridine rings is 2. The van der Waals surface area contributed by atoms with Crippen molar-refractivity contribution in [1.82, 2.24) is 9.97 Å². The molecule has 2 aromatic heterocycles. The molecule has 2 heterocycles. The van der Waals surface area contributed by atoms with Crippen molar-refractivity contribution in [2.45, 2.75) is 38.7 Å². The molecule has 1 N–H and O–H groups in total. The van der Waals surface area contributed by atoms with Crippen LogP contribution in [0.2, 0.25) is 0 Å². The zero-order chi connectivity index (χ0) is 14.8. The minimum Gasteiger partial charge on any atom is -0.384 e. The standard InChI is InChI=1S/C18H20N2O/c1-17(2)12-10-15(17)18(3,21)16-11(12)7-8-14(20-16)13-6-4-5-9-19-13/h4-9,12,15,21H,10H2,1-3H3/t12-,15-,18+/m1/s1. The van der Waals surface area contributed by atoms with Gasteiger partial charge in [0.25, 0.3) is 0 Å². The Hall–Kier alpha value is -1.74. The average Bonchev–Trinajstić information content (AvgIpc) is 2.46. The summed E-state index contributed by atoms with van der Waals surface area (Å²) >= 11 is 0. The van der Waals surface area contributed by atoms with Crippen LogP contribution in [0.15, 0.2) is 36.5 Å². The average molecular weight is 280 g/mol. The monoisotopic (exact) mass is 280 g/mol. The Balaban J connectivity index is 1.88. The number of rotatable bonds is 1. The van der Waals surface area contributed by atoms with Gasteiger partial charge in [-0.15, -0.1) is 0 Å². The van der Waals surface area contributed by atoms with Crippen molar-refractivity contribution in [3.05, 3.63) is 47.8 Å². The van der Waals surface area contributed by atoms with Gasteiger partial charge in [-0.1, -0.05) is 26.0 Å². The third-order valence-electron chi connectivity index (χ3n) is 5.65. The molecule has 0 radical (unpaired) electrons. The van der Waals surface area contributed by atoms with E-state index in [1.165, 1.54) is 5.56 Å². The molecular formula is C18H20N2O. The number of hydrogen-bond acceptors (Lipinski definition) is 3. The predicted molar refractivity (Wildman–Crippen MR) is 81.7 cm³/mol. The van der Waals surface area contributed by atoms with Crippen molar-refractivity contribution in [1.29, 1.82) is 0 Å². The van der Waals surface area contributed by atoms with Crippen LogP contribution in [0.25, 0.3) is 11.4 Å². The first-order valence-electron chi connectivity index (χ1n) is 7.57. The maximum absolute atomic E-state index is 11.1. The fraction of sp³-hybridized carbons (Fsp3) is 0.444. The highest BCUT2D eigenvalue weighted by Gasteiger charge is 2.62. The molecule has 0 spiro atoms. The molecular weight excluding hydrogens is 260 g/mol. The molecule has 5 rings (SSSR count). The third-order valence-corrected chi connectivity index (χ3v) is 5.65. The zero-order valence-corrected chi connectivity index (χ0v) is 12.7. The smallest absolute Gasteiger partial charge is 0.107 e. The minimum atomic E-state index is -0.849. The number of aromatic nitrogens is 2. The predicted octanol–water partition coefficient (Wildman–Crippen LogP) is 3.49. The van der Waals surface area contributed by atoms with E-state index in [9.17, 15) is 5.11 Å². The van der Waals surface area contributed by atoms with E-state index < -0.39 is 5.60 Å². The van der Waals surface area contributed by atoms with Gasteiger partial charge in [-0.25, -0.2) is 4.98 Å². The molecule has 1 fully saturated rings. The van der Waals surface area contributed by atoms with Crippen LogP contribution in [-0.2, 0) is 5.60 Å². The van der Waals surface area contributed by atoms with Crippen LogP contribution in [0.3, 0.4) is 0 Å². The molecule has 1 saturated carbocycles. The van der Waals surface area contributed by atoms with Crippen LogP contribution in [0.4, 0.5) is 0 Å². The quantitative estimate of drug-likeness (QED) is 0.869. The molecule has 2 bridgehead atoms. The van der Waals surface area contributed by atoms with Gasteiger partial charge in [0.05, 0.1) is 17.1 Å². The normalized spacial score (nSPS) is 32.2. The van der Waals surface area contributed by atoms with Gasteiger partial charge in [0.2, 0.25) is 0 Å². The fourth-order valence-electron chi connectivity index (χ4n) is 4.39. The Morgan fingerprint density at radius 1 is 1.10 bits per heavy atom. The van der Waals surface area contributed by atoms with Crippen LogP contribution in [0, 0.1) is 11.3 Å². The summed E-state index contributed by atoms with van der Waals surface area (Å²) in [5.41, 5.74) is 3.07. The minimum absolute atomic E-state index is 0.157. The fourth-order valence-corrected chi connectivity index (χ4v) is 4.39. The first-order valence-corrected chi connectivity index (χ1v) is 7.57. The lowest BCUT2D eigenvalue weighted by Crippen LogP contribution is -2.58. The Morgan fingerprint density at radius 3 is 2.57 bits per heavy atom. The van der Waals surface area contributed by atoms with Gasteiger partial charge in [0.1, 0.15) is 5.60 Å². The molecule has 3 aliphatic rings. The van der Waals surface area contributed by atoms with Crippen LogP contribution in [0.1, 0.15) is 44.4 Å². The van der Waals surface area contributed by atoms with E-state index in [0.29, 0.717) is 5.92 Å². The summed E-state index contributed by atoms with van der Waals surface area (Å²) in [5, 5.41) is 11.1. The lowest BCUT2D eigenvalue weighted by atomic mass is 9.44. The van der Waals surface area contributed by atoms with Crippen molar-refractivity contribution >= 4 is 0 Å². The van der Waals surface area contributed by atoms with E-state index in [1.807, 2.05) is 31.2 Å². The Bertz CT molecular complexity index is 706. The van der Waals surface area contributed by atoms with Gasteiger partial charge in [0, 0.05) is 6.20 Å². The van der Waals surface area contributed by atoms with Gasteiger partial charge < -0.3 is 5.11 Å². The second-order valence-corrected chi connectivity index (χ2v) is 7.16.